The largest absolute Gasteiger partial charge is 0.493 e. The highest BCUT2D eigenvalue weighted by molar-refractivity contribution is 7.98. The van der Waals surface area contributed by atoms with Crippen LogP contribution in [0.3, 0.4) is 0 Å². The Kier molecular flexibility index (Phi) is 5.66. The van der Waals surface area contributed by atoms with Gasteiger partial charge in [-0.1, -0.05) is 0 Å². The summed E-state index contributed by atoms with van der Waals surface area (Å²) in [6.07, 6.45) is 0. The van der Waals surface area contributed by atoms with Gasteiger partial charge >= 0.3 is 0 Å². The van der Waals surface area contributed by atoms with Gasteiger partial charge in [-0.15, -0.1) is 22.0 Å². The van der Waals surface area contributed by atoms with E-state index in [1.807, 2.05) is 18.2 Å². The molecule has 0 spiro atoms. The van der Waals surface area contributed by atoms with Crippen LogP contribution in [0.1, 0.15) is 5.89 Å². The zero-order chi connectivity index (χ0) is 20.2. The molecule has 152 valence electrons. The molecule has 2 heterocycles. The van der Waals surface area contributed by atoms with Crippen molar-refractivity contribution >= 4 is 11.8 Å². The average molecular weight is 416 g/mol. The molecule has 1 aliphatic heterocycles. The van der Waals surface area contributed by atoms with Gasteiger partial charge in [0.15, 0.2) is 23.0 Å². The van der Waals surface area contributed by atoms with Crippen LogP contribution >= 0.6 is 11.8 Å². The minimum Gasteiger partial charge on any atom is -0.493 e. The van der Waals surface area contributed by atoms with Crippen molar-refractivity contribution in [3.63, 3.8) is 0 Å². The lowest BCUT2D eigenvalue weighted by Gasteiger charge is -2.18. The molecular formula is C20H20N2O6S. The van der Waals surface area contributed by atoms with Crippen molar-refractivity contribution in [1.29, 1.82) is 0 Å². The van der Waals surface area contributed by atoms with E-state index in [0.29, 0.717) is 53.6 Å². The molecule has 0 aliphatic carbocycles. The van der Waals surface area contributed by atoms with E-state index in [2.05, 4.69) is 10.2 Å². The molecule has 0 saturated carbocycles. The first-order valence-electron chi connectivity index (χ1n) is 8.87. The highest BCUT2D eigenvalue weighted by Crippen LogP contribution is 2.41. The van der Waals surface area contributed by atoms with Gasteiger partial charge in [-0.25, -0.2) is 0 Å². The Morgan fingerprint density at radius 3 is 2.31 bits per heavy atom. The van der Waals surface area contributed by atoms with Gasteiger partial charge in [0.1, 0.15) is 13.2 Å². The third-order valence-electron chi connectivity index (χ3n) is 4.25. The lowest BCUT2D eigenvalue weighted by atomic mass is 10.2. The van der Waals surface area contributed by atoms with Gasteiger partial charge in [0.2, 0.25) is 17.5 Å². The highest BCUT2D eigenvalue weighted by Gasteiger charge is 2.18. The van der Waals surface area contributed by atoms with Gasteiger partial charge in [0.25, 0.3) is 0 Å². The molecule has 9 heteroatoms. The Bertz CT molecular complexity index is 981. The van der Waals surface area contributed by atoms with E-state index in [1.54, 1.807) is 45.2 Å². The van der Waals surface area contributed by atoms with Crippen molar-refractivity contribution in [2.24, 2.45) is 0 Å². The van der Waals surface area contributed by atoms with E-state index in [-0.39, 0.29) is 0 Å². The summed E-state index contributed by atoms with van der Waals surface area (Å²) in [5.41, 5.74) is 0.683. The van der Waals surface area contributed by atoms with Gasteiger partial charge < -0.3 is 28.1 Å². The summed E-state index contributed by atoms with van der Waals surface area (Å²) >= 11 is 1.58. The standard InChI is InChI=1S/C20H20N2O6S/c1-23-16-8-12(9-17(24-2)19(16)25-3)20-22-21-18(28-20)11-29-13-4-5-14-15(10-13)27-7-6-26-14/h4-5,8-10H,6-7,11H2,1-3H3. The van der Waals surface area contributed by atoms with Crippen LogP contribution < -0.4 is 23.7 Å². The van der Waals surface area contributed by atoms with Gasteiger partial charge in [0.05, 0.1) is 27.1 Å². The summed E-state index contributed by atoms with van der Waals surface area (Å²) in [6, 6.07) is 9.38. The van der Waals surface area contributed by atoms with Crippen LogP contribution in [0.5, 0.6) is 28.7 Å². The van der Waals surface area contributed by atoms with Gasteiger partial charge in [0, 0.05) is 10.5 Å². The molecule has 0 saturated heterocycles. The van der Waals surface area contributed by atoms with E-state index in [9.17, 15) is 0 Å². The number of hydrogen-bond acceptors (Lipinski definition) is 9. The molecule has 2 aromatic carbocycles. The maximum atomic E-state index is 5.83. The van der Waals surface area contributed by atoms with Gasteiger partial charge in [-0.3, -0.25) is 0 Å². The number of benzene rings is 2. The van der Waals surface area contributed by atoms with Crippen LogP contribution in [0.15, 0.2) is 39.6 Å². The van der Waals surface area contributed by atoms with Gasteiger partial charge in [-0.2, -0.15) is 0 Å². The smallest absolute Gasteiger partial charge is 0.248 e. The summed E-state index contributed by atoms with van der Waals surface area (Å²) in [4.78, 5) is 1.03. The first kappa shape index (κ1) is 19.3. The van der Waals surface area contributed by atoms with Crippen LogP contribution in [0.25, 0.3) is 11.5 Å². The summed E-state index contributed by atoms with van der Waals surface area (Å²) in [6.45, 7) is 1.13. The molecule has 3 aromatic rings. The van der Waals surface area contributed by atoms with Crippen LogP contribution in [0.2, 0.25) is 0 Å². The summed E-state index contributed by atoms with van der Waals surface area (Å²) in [7, 11) is 4.68. The minimum atomic E-state index is 0.377. The number of methoxy groups -OCH3 is 3. The van der Waals surface area contributed by atoms with Crippen molar-refractivity contribution in [3.05, 3.63) is 36.2 Å². The van der Waals surface area contributed by atoms with Crippen molar-refractivity contribution in [2.75, 3.05) is 34.5 Å². The number of aromatic nitrogens is 2. The zero-order valence-corrected chi connectivity index (χ0v) is 17.1. The molecule has 1 aromatic heterocycles. The molecule has 4 rings (SSSR count). The van der Waals surface area contributed by atoms with Crippen molar-refractivity contribution in [1.82, 2.24) is 10.2 Å². The monoisotopic (exact) mass is 416 g/mol. The Morgan fingerprint density at radius 1 is 0.897 bits per heavy atom. The molecule has 1 aliphatic rings. The zero-order valence-electron chi connectivity index (χ0n) is 16.3. The summed E-state index contributed by atoms with van der Waals surface area (Å²) < 4.78 is 33.1. The topological polar surface area (TPSA) is 85.1 Å². The maximum Gasteiger partial charge on any atom is 0.248 e. The highest BCUT2D eigenvalue weighted by atomic mass is 32.2. The van der Waals surface area contributed by atoms with E-state index < -0.39 is 0 Å². The predicted octanol–water partition coefficient (Wildman–Crippen LogP) is 3.83. The molecular weight excluding hydrogens is 396 g/mol. The molecule has 0 unspecified atom stereocenters. The second-order valence-corrected chi connectivity index (χ2v) is 7.06. The van der Waals surface area contributed by atoms with Crippen molar-refractivity contribution in [3.8, 4) is 40.2 Å². The molecule has 0 bridgehead atoms. The number of ether oxygens (including phenoxy) is 5. The van der Waals surface area contributed by atoms with E-state index >= 15 is 0 Å². The molecule has 0 radical (unpaired) electrons. The van der Waals surface area contributed by atoms with Crippen LogP contribution in [-0.2, 0) is 5.75 Å². The van der Waals surface area contributed by atoms with Crippen LogP contribution in [-0.4, -0.2) is 44.7 Å². The Morgan fingerprint density at radius 2 is 1.62 bits per heavy atom. The molecule has 0 fully saturated rings. The van der Waals surface area contributed by atoms with E-state index in [4.69, 9.17) is 28.1 Å². The van der Waals surface area contributed by atoms with E-state index in [0.717, 1.165) is 16.4 Å². The Labute approximate surface area is 172 Å². The van der Waals surface area contributed by atoms with Gasteiger partial charge in [-0.05, 0) is 30.3 Å². The molecule has 0 atom stereocenters. The van der Waals surface area contributed by atoms with E-state index in [1.165, 1.54) is 0 Å². The fraction of sp³-hybridized carbons (Fsp3) is 0.300. The maximum absolute atomic E-state index is 5.83. The lowest BCUT2D eigenvalue weighted by molar-refractivity contribution is 0.171. The number of hydrogen-bond donors (Lipinski definition) is 0. The number of rotatable bonds is 7. The molecule has 0 amide bonds. The third-order valence-corrected chi connectivity index (χ3v) is 5.23. The van der Waals surface area contributed by atoms with Crippen LogP contribution in [0.4, 0.5) is 0 Å². The predicted molar refractivity (Wildman–Crippen MR) is 106 cm³/mol. The first-order valence-corrected chi connectivity index (χ1v) is 9.85. The first-order chi connectivity index (χ1) is 14.2. The quantitative estimate of drug-likeness (QED) is 0.534. The number of thioether (sulfide) groups is 1. The van der Waals surface area contributed by atoms with Crippen molar-refractivity contribution in [2.45, 2.75) is 10.6 Å². The molecule has 29 heavy (non-hydrogen) atoms. The average Bonchev–Trinajstić information content (AvgIpc) is 3.25. The second kappa shape index (κ2) is 8.52. The summed E-state index contributed by atoms with van der Waals surface area (Å²) in [5.74, 6) is 4.48. The Hall–Kier alpha value is -3.07. The number of nitrogens with zero attached hydrogens (tertiary/aromatic N) is 2. The number of fused-ring (bicyclic) bond motifs is 1. The SMILES string of the molecule is COc1cc(-c2nnc(CSc3ccc4c(c3)OCCO4)o2)cc(OC)c1OC. The normalized spacial score (nSPS) is 12.5. The molecule has 8 nitrogen and oxygen atoms in total. The summed E-state index contributed by atoms with van der Waals surface area (Å²) in [5, 5.41) is 8.29. The fourth-order valence-electron chi connectivity index (χ4n) is 2.89. The van der Waals surface area contributed by atoms with Crippen LogP contribution in [0, 0.1) is 0 Å². The minimum absolute atomic E-state index is 0.377. The fourth-order valence-corrected chi connectivity index (χ4v) is 3.65. The third kappa shape index (κ3) is 4.04. The molecule has 0 N–H and O–H groups in total. The lowest BCUT2D eigenvalue weighted by Crippen LogP contribution is -2.15. The van der Waals surface area contributed by atoms with Crippen molar-refractivity contribution < 1.29 is 28.1 Å². The Balaban J connectivity index is 1.50. The second-order valence-electron chi connectivity index (χ2n) is 6.01.